The van der Waals surface area contributed by atoms with Crippen molar-refractivity contribution in [2.24, 2.45) is 0 Å². The van der Waals surface area contributed by atoms with E-state index in [4.69, 9.17) is 0 Å². The van der Waals surface area contributed by atoms with E-state index in [0.717, 1.165) is 10.5 Å². The number of carbonyl (C=O) groups is 2. The molecule has 114 valence electrons. The van der Waals surface area contributed by atoms with Gasteiger partial charge < -0.3 is 5.32 Å². The van der Waals surface area contributed by atoms with Crippen molar-refractivity contribution < 1.29 is 9.59 Å². The summed E-state index contributed by atoms with van der Waals surface area (Å²) in [6, 6.07) is 17.0. The number of benzene rings is 2. The van der Waals surface area contributed by atoms with Gasteiger partial charge >= 0.3 is 6.03 Å². The molecule has 22 heavy (non-hydrogen) atoms. The number of aryl methyl sites for hydroxylation is 1. The summed E-state index contributed by atoms with van der Waals surface area (Å²) in [7, 11) is 0. The van der Waals surface area contributed by atoms with Crippen LogP contribution in [0.3, 0.4) is 0 Å². The lowest BCUT2D eigenvalue weighted by atomic mass is 10.2. The molecule has 5 heteroatoms. The molecule has 0 heterocycles. The quantitative estimate of drug-likeness (QED) is 0.834. The highest BCUT2D eigenvalue weighted by Gasteiger charge is 2.07. The molecule has 0 aromatic heterocycles. The van der Waals surface area contributed by atoms with Gasteiger partial charge in [-0.2, -0.15) is 0 Å². The number of thioether (sulfide) groups is 1. The van der Waals surface area contributed by atoms with Gasteiger partial charge in [0.2, 0.25) is 5.91 Å². The Morgan fingerprint density at radius 3 is 2.36 bits per heavy atom. The minimum atomic E-state index is -0.474. The van der Waals surface area contributed by atoms with Gasteiger partial charge in [0.25, 0.3) is 0 Å². The smallest absolute Gasteiger partial charge is 0.321 e. The van der Waals surface area contributed by atoms with E-state index in [1.54, 1.807) is 0 Å². The first kappa shape index (κ1) is 16.1. The molecule has 0 saturated carbocycles. The fourth-order valence-electron chi connectivity index (χ4n) is 1.77. The molecule has 0 fully saturated rings. The summed E-state index contributed by atoms with van der Waals surface area (Å²) in [5.74, 6) is -0.0990. The third kappa shape index (κ3) is 5.61. The first-order valence-corrected chi connectivity index (χ1v) is 7.93. The zero-order chi connectivity index (χ0) is 15.8. The van der Waals surface area contributed by atoms with Crippen molar-refractivity contribution in [1.29, 1.82) is 0 Å². The van der Waals surface area contributed by atoms with E-state index in [1.165, 1.54) is 17.3 Å². The SMILES string of the molecule is Cc1ccc(SCC(=O)NC(=O)NCc2ccccc2)cc1. The number of urea groups is 1. The fraction of sp³-hybridized carbons (Fsp3) is 0.176. The normalized spacial score (nSPS) is 10.0. The summed E-state index contributed by atoms with van der Waals surface area (Å²) < 4.78 is 0. The summed E-state index contributed by atoms with van der Waals surface area (Å²) in [5, 5.41) is 4.98. The summed E-state index contributed by atoms with van der Waals surface area (Å²) in [4.78, 5) is 24.3. The topological polar surface area (TPSA) is 58.2 Å². The molecule has 0 spiro atoms. The molecule has 0 aliphatic heterocycles. The Labute approximate surface area is 134 Å². The second-order valence-electron chi connectivity index (χ2n) is 4.82. The average Bonchev–Trinajstić information content (AvgIpc) is 2.53. The number of hydrogen-bond acceptors (Lipinski definition) is 3. The Morgan fingerprint density at radius 1 is 1.00 bits per heavy atom. The van der Waals surface area contributed by atoms with E-state index in [0.29, 0.717) is 6.54 Å². The van der Waals surface area contributed by atoms with Crippen molar-refractivity contribution in [2.75, 3.05) is 5.75 Å². The number of carbonyl (C=O) groups excluding carboxylic acids is 2. The Kier molecular flexibility index (Phi) is 6.03. The van der Waals surface area contributed by atoms with E-state index >= 15 is 0 Å². The predicted octanol–water partition coefficient (Wildman–Crippen LogP) is 3.11. The van der Waals surface area contributed by atoms with Crippen LogP contribution in [-0.4, -0.2) is 17.7 Å². The summed E-state index contributed by atoms with van der Waals surface area (Å²) >= 11 is 1.40. The molecule has 0 aliphatic rings. The molecule has 0 bridgehead atoms. The van der Waals surface area contributed by atoms with Gasteiger partial charge in [-0.1, -0.05) is 48.0 Å². The zero-order valence-electron chi connectivity index (χ0n) is 12.3. The van der Waals surface area contributed by atoms with Crippen LogP contribution in [0, 0.1) is 6.92 Å². The standard InChI is InChI=1S/C17H18N2O2S/c1-13-7-9-15(10-8-13)22-12-16(20)19-17(21)18-11-14-5-3-2-4-6-14/h2-10H,11-12H2,1H3,(H2,18,19,20,21). The molecule has 2 aromatic rings. The molecule has 0 saturated heterocycles. The summed E-state index contributed by atoms with van der Waals surface area (Å²) in [5.41, 5.74) is 2.16. The second-order valence-corrected chi connectivity index (χ2v) is 5.87. The van der Waals surface area contributed by atoms with Crippen molar-refractivity contribution in [2.45, 2.75) is 18.4 Å². The second kappa shape index (κ2) is 8.24. The van der Waals surface area contributed by atoms with Crippen LogP contribution in [-0.2, 0) is 11.3 Å². The molecular formula is C17H18N2O2S. The summed E-state index contributed by atoms with van der Waals surface area (Å²) in [6.45, 7) is 2.41. The van der Waals surface area contributed by atoms with E-state index < -0.39 is 6.03 Å². The van der Waals surface area contributed by atoms with Crippen LogP contribution in [0.25, 0.3) is 0 Å². The van der Waals surface area contributed by atoms with E-state index in [2.05, 4.69) is 10.6 Å². The number of rotatable bonds is 5. The van der Waals surface area contributed by atoms with Gasteiger partial charge in [0.1, 0.15) is 0 Å². The van der Waals surface area contributed by atoms with Crippen LogP contribution < -0.4 is 10.6 Å². The van der Waals surface area contributed by atoms with Gasteiger partial charge in [-0.3, -0.25) is 10.1 Å². The van der Waals surface area contributed by atoms with Crippen LogP contribution in [0.4, 0.5) is 4.79 Å². The third-order valence-electron chi connectivity index (χ3n) is 2.94. The number of amides is 3. The first-order chi connectivity index (χ1) is 10.6. The summed E-state index contributed by atoms with van der Waals surface area (Å²) in [6.07, 6.45) is 0. The van der Waals surface area contributed by atoms with Crippen molar-refractivity contribution >= 4 is 23.7 Å². The highest BCUT2D eigenvalue weighted by atomic mass is 32.2. The molecule has 2 rings (SSSR count). The Balaban J connectivity index is 1.70. The van der Waals surface area contributed by atoms with Crippen LogP contribution in [0.2, 0.25) is 0 Å². The fourth-order valence-corrected chi connectivity index (χ4v) is 2.47. The van der Waals surface area contributed by atoms with Gasteiger partial charge in [-0.15, -0.1) is 11.8 Å². The monoisotopic (exact) mass is 314 g/mol. The van der Waals surface area contributed by atoms with Gasteiger partial charge in [-0.05, 0) is 24.6 Å². The highest BCUT2D eigenvalue weighted by Crippen LogP contribution is 2.17. The lowest BCUT2D eigenvalue weighted by Gasteiger charge is -2.07. The lowest BCUT2D eigenvalue weighted by molar-refractivity contribution is -0.117. The van der Waals surface area contributed by atoms with Gasteiger partial charge in [0.05, 0.1) is 5.75 Å². The van der Waals surface area contributed by atoms with E-state index in [-0.39, 0.29) is 11.7 Å². The molecule has 2 aromatic carbocycles. The number of hydrogen-bond donors (Lipinski definition) is 2. The molecule has 0 radical (unpaired) electrons. The Bertz CT molecular complexity index is 627. The molecule has 0 aliphatic carbocycles. The van der Waals surface area contributed by atoms with E-state index in [1.807, 2.05) is 61.5 Å². The van der Waals surface area contributed by atoms with Crippen LogP contribution >= 0.6 is 11.8 Å². The Morgan fingerprint density at radius 2 is 1.68 bits per heavy atom. The molecule has 0 unspecified atom stereocenters. The first-order valence-electron chi connectivity index (χ1n) is 6.94. The van der Waals surface area contributed by atoms with Gasteiger partial charge in [0, 0.05) is 11.4 Å². The molecule has 3 amide bonds. The minimum Gasteiger partial charge on any atom is -0.334 e. The maximum atomic E-state index is 11.7. The van der Waals surface area contributed by atoms with Crippen molar-refractivity contribution in [3.8, 4) is 0 Å². The largest absolute Gasteiger partial charge is 0.334 e. The molecular weight excluding hydrogens is 296 g/mol. The minimum absolute atomic E-state index is 0.210. The highest BCUT2D eigenvalue weighted by molar-refractivity contribution is 8.00. The number of nitrogens with one attached hydrogen (secondary N) is 2. The van der Waals surface area contributed by atoms with Crippen LogP contribution in [0.15, 0.2) is 59.5 Å². The van der Waals surface area contributed by atoms with Crippen LogP contribution in [0.5, 0.6) is 0 Å². The van der Waals surface area contributed by atoms with Gasteiger partial charge in [-0.25, -0.2) is 4.79 Å². The van der Waals surface area contributed by atoms with Gasteiger partial charge in [0.15, 0.2) is 0 Å². The molecule has 2 N–H and O–H groups in total. The molecule has 0 atom stereocenters. The maximum Gasteiger partial charge on any atom is 0.321 e. The van der Waals surface area contributed by atoms with E-state index in [9.17, 15) is 9.59 Å². The zero-order valence-corrected chi connectivity index (χ0v) is 13.2. The molecule has 4 nitrogen and oxygen atoms in total. The third-order valence-corrected chi connectivity index (χ3v) is 3.95. The van der Waals surface area contributed by atoms with Crippen molar-refractivity contribution in [3.05, 3.63) is 65.7 Å². The number of imide groups is 1. The van der Waals surface area contributed by atoms with Crippen molar-refractivity contribution in [1.82, 2.24) is 10.6 Å². The average molecular weight is 314 g/mol. The predicted molar refractivity (Wildman–Crippen MR) is 88.7 cm³/mol. The van der Waals surface area contributed by atoms with Crippen molar-refractivity contribution in [3.63, 3.8) is 0 Å². The van der Waals surface area contributed by atoms with Crippen LogP contribution in [0.1, 0.15) is 11.1 Å². The Hall–Kier alpha value is -2.27. The maximum absolute atomic E-state index is 11.7. The lowest BCUT2D eigenvalue weighted by Crippen LogP contribution is -2.39.